The Morgan fingerprint density at radius 1 is 1.08 bits per heavy atom. The van der Waals surface area contributed by atoms with Gasteiger partial charge in [0.15, 0.2) is 5.78 Å². The van der Waals surface area contributed by atoms with Crippen molar-refractivity contribution >= 4 is 5.78 Å². The summed E-state index contributed by atoms with van der Waals surface area (Å²) in [6, 6.07) is 14.4. The van der Waals surface area contributed by atoms with Crippen molar-refractivity contribution in [2.75, 3.05) is 13.7 Å². The molecule has 0 heterocycles. The first-order chi connectivity index (χ1) is 12.6. The van der Waals surface area contributed by atoms with Crippen LogP contribution in [0.5, 0.6) is 5.75 Å². The van der Waals surface area contributed by atoms with Crippen LogP contribution in [0.15, 0.2) is 42.5 Å². The molecular formula is C23H26O3. The first kappa shape index (κ1) is 17.3. The summed E-state index contributed by atoms with van der Waals surface area (Å²) in [5.74, 6) is 1.17. The van der Waals surface area contributed by atoms with E-state index in [0.717, 1.165) is 61.2 Å². The highest BCUT2D eigenvalue weighted by molar-refractivity contribution is 6.05. The average Bonchev–Trinajstić information content (AvgIpc) is 2.95. The largest absolute Gasteiger partial charge is 0.497 e. The van der Waals surface area contributed by atoms with Crippen molar-refractivity contribution in [3.05, 3.63) is 53.6 Å². The van der Waals surface area contributed by atoms with Crippen LogP contribution >= 0.6 is 0 Å². The lowest BCUT2D eigenvalue weighted by molar-refractivity contribution is 0.00748. The minimum absolute atomic E-state index is 0.192. The molecule has 1 spiro atoms. The zero-order valence-corrected chi connectivity index (χ0v) is 15.6. The van der Waals surface area contributed by atoms with Gasteiger partial charge in [0, 0.05) is 17.6 Å². The maximum absolute atomic E-state index is 13.3. The SMILES string of the molecule is CCOC1CCC2(CC1)Cc1ccc(-c3cccc(OC)c3)cc1C2=O. The molecule has 0 saturated heterocycles. The molecule has 3 nitrogen and oxygen atoms in total. The molecular weight excluding hydrogens is 324 g/mol. The Morgan fingerprint density at radius 3 is 2.58 bits per heavy atom. The Kier molecular flexibility index (Phi) is 4.58. The third kappa shape index (κ3) is 2.95. The number of carbonyl (C=O) groups is 1. The fraction of sp³-hybridized carbons (Fsp3) is 0.435. The first-order valence-electron chi connectivity index (χ1n) is 9.59. The summed E-state index contributed by atoms with van der Waals surface area (Å²) in [7, 11) is 1.67. The van der Waals surface area contributed by atoms with Gasteiger partial charge in [0.05, 0.1) is 13.2 Å². The Morgan fingerprint density at radius 2 is 1.85 bits per heavy atom. The Hall–Kier alpha value is -2.13. The minimum Gasteiger partial charge on any atom is -0.497 e. The molecule has 1 fully saturated rings. The molecule has 0 bridgehead atoms. The van der Waals surface area contributed by atoms with E-state index in [9.17, 15) is 4.79 Å². The lowest BCUT2D eigenvalue weighted by atomic mass is 9.70. The smallest absolute Gasteiger partial charge is 0.169 e. The molecule has 0 radical (unpaired) electrons. The summed E-state index contributed by atoms with van der Waals surface area (Å²) in [6.45, 7) is 2.80. The zero-order valence-electron chi connectivity index (χ0n) is 15.6. The van der Waals surface area contributed by atoms with Crippen molar-refractivity contribution in [3.8, 4) is 16.9 Å². The number of Topliss-reactive ketones (excluding diaryl/α,β-unsaturated/α-hetero) is 1. The summed E-state index contributed by atoms with van der Waals surface area (Å²) >= 11 is 0. The predicted molar refractivity (Wildman–Crippen MR) is 103 cm³/mol. The van der Waals surface area contributed by atoms with Crippen LogP contribution in [0.25, 0.3) is 11.1 Å². The van der Waals surface area contributed by atoms with Crippen LogP contribution in [-0.2, 0) is 11.2 Å². The van der Waals surface area contributed by atoms with Gasteiger partial charge in [-0.15, -0.1) is 0 Å². The molecule has 0 N–H and O–H groups in total. The molecule has 2 aliphatic carbocycles. The third-order valence-electron chi connectivity index (χ3n) is 6.06. The molecule has 1 saturated carbocycles. The van der Waals surface area contributed by atoms with Gasteiger partial charge in [0.2, 0.25) is 0 Å². The molecule has 4 rings (SSSR count). The van der Waals surface area contributed by atoms with Crippen LogP contribution in [0.4, 0.5) is 0 Å². The van der Waals surface area contributed by atoms with Gasteiger partial charge in [-0.3, -0.25) is 4.79 Å². The van der Waals surface area contributed by atoms with E-state index >= 15 is 0 Å². The van der Waals surface area contributed by atoms with Crippen molar-refractivity contribution in [2.45, 2.75) is 45.1 Å². The topological polar surface area (TPSA) is 35.5 Å². The van der Waals surface area contributed by atoms with E-state index in [2.05, 4.69) is 24.3 Å². The summed E-state index contributed by atoms with van der Waals surface area (Å²) in [6.07, 6.45) is 5.10. The average molecular weight is 350 g/mol. The van der Waals surface area contributed by atoms with Crippen LogP contribution in [0.3, 0.4) is 0 Å². The second-order valence-corrected chi connectivity index (χ2v) is 7.54. The molecule has 0 aliphatic heterocycles. The van der Waals surface area contributed by atoms with Crippen molar-refractivity contribution in [3.63, 3.8) is 0 Å². The number of hydrogen-bond donors (Lipinski definition) is 0. The van der Waals surface area contributed by atoms with Crippen LogP contribution in [-0.4, -0.2) is 25.6 Å². The number of ether oxygens (including phenoxy) is 2. The predicted octanol–water partition coefficient (Wildman–Crippen LogP) is 5.07. The number of rotatable bonds is 4. The third-order valence-corrected chi connectivity index (χ3v) is 6.06. The van der Waals surface area contributed by atoms with Gasteiger partial charge in [-0.05, 0) is 73.9 Å². The number of benzene rings is 2. The number of ketones is 1. The molecule has 0 amide bonds. The Balaban J connectivity index is 1.60. The van der Waals surface area contributed by atoms with E-state index in [-0.39, 0.29) is 5.41 Å². The van der Waals surface area contributed by atoms with Gasteiger partial charge in [-0.1, -0.05) is 24.3 Å². The van der Waals surface area contributed by atoms with Gasteiger partial charge in [0.1, 0.15) is 5.75 Å². The highest BCUT2D eigenvalue weighted by Gasteiger charge is 2.47. The molecule has 136 valence electrons. The molecule has 2 aromatic rings. The number of fused-ring (bicyclic) bond motifs is 1. The van der Waals surface area contributed by atoms with Crippen molar-refractivity contribution in [2.24, 2.45) is 5.41 Å². The summed E-state index contributed by atoms with van der Waals surface area (Å²) < 4.78 is 11.1. The van der Waals surface area contributed by atoms with Gasteiger partial charge in [-0.2, -0.15) is 0 Å². The second-order valence-electron chi connectivity index (χ2n) is 7.54. The van der Waals surface area contributed by atoms with Crippen molar-refractivity contribution in [1.29, 1.82) is 0 Å². The summed E-state index contributed by atoms with van der Waals surface area (Å²) in [5.41, 5.74) is 4.09. The second kappa shape index (κ2) is 6.88. The van der Waals surface area contributed by atoms with Crippen LogP contribution in [0.1, 0.15) is 48.5 Å². The lowest BCUT2D eigenvalue weighted by Crippen LogP contribution is -2.35. The van der Waals surface area contributed by atoms with E-state index in [1.54, 1.807) is 7.11 Å². The van der Waals surface area contributed by atoms with Crippen molar-refractivity contribution in [1.82, 2.24) is 0 Å². The van der Waals surface area contributed by atoms with Crippen LogP contribution in [0, 0.1) is 5.41 Å². The quantitative estimate of drug-likeness (QED) is 0.772. The Bertz CT molecular complexity index is 816. The monoisotopic (exact) mass is 350 g/mol. The van der Waals surface area contributed by atoms with Crippen LogP contribution < -0.4 is 4.74 Å². The summed E-state index contributed by atoms with van der Waals surface area (Å²) in [4.78, 5) is 13.3. The molecule has 0 aromatic heterocycles. The zero-order chi connectivity index (χ0) is 18.1. The molecule has 0 atom stereocenters. The molecule has 0 unspecified atom stereocenters. The lowest BCUT2D eigenvalue weighted by Gasteiger charge is -2.35. The van der Waals surface area contributed by atoms with Crippen molar-refractivity contribution < 1.29 is 14.3 Å². The maximum Gasteiger partial charge on any atom is 0.169 e. The van der Waals surface area contributed by atoms with Gasteiger partial charge in [-0.25, -0.2) is 0 Å². The normalized spacial score (nSPS) is 24.7. The van der Waals surface area contributed by atoms with Gasteiger partial charge >= 0.3 is 0 Å². The van der Waals surface area contributed by atoms with Crippen LogP contribution in [0.2, 0.25) is 0 Å². The van der Waals surface area contributed by atoms with E-state index in [1.807, 2.05) is 25.1 Å². The number of carbonyl (C=O) groups excluding carboxylic acids is 1. The van der Waals surface area contributed by atoms with Gasteiger partial charge < -0.3 is 9.47 Å². The maximum atomic E-state index is 13.3. The molecule has 3 heteroatoms. The standard InChI is InChI=1S/C23H26O3/c1-3-26-19-9-11-23(12-10-19)15-18-8-7-17(14-21(18)22(23)24)16-5-4-6-20(13-16)25-2/h4-8,13-14,19H,3,9-12,15H2,1-2H3. The molecule has 26 heavy (non-hydrogen) atoms. The summed E-state index contributed by atoms with van der Waals surface area (Å²) in [5, 5.41) is 0. The van der Waals surface area contributed by atoms with E-state index in [4.69, 9.17) is 9.47 Å². The highest BCUT2D eigenvalue weighted by Crippen LogP contribution is 2.48. The van der Waals surface area contributed by atoms with Gasteiger partial charge in [0.25, 0.3) is 0 Å². The first-order valence-corrected chi connectivity index (χ1v) is 9.59. The molecule has 2 aliphatic rings. The minimum atomic E-state index is -0.192. The van der Waals surface area contributed by atoms with E-state index in [0.29, 0.717) is 11.9 Å². The number of methoxy groups -OCH3 is 1. The molecule has 2 aromatic carbocycles. The van der Waals surface area contributed by atoms with E-state index < -0.39 is 0 Å². The van der Waals surface area contributed by atoms with E-state index in [1.165, 1.54) is 5.56 Å². The highest BCUT2D eigenvalue weighted by atomic mass is 16.5. The fourth-order valence-electron chi connectivity index (χ4n) is 4.60. The fourth-order valence-corrected chi connectivity index (χ4v) is 4.60. The Labute approximate surface area is 155 Å². The number of hydrogen-bond acceptors (Lipinski definition) is 3.